The molecule has 2 aromatic heterocycles. The fourth-order valence-corrected chi connectivity index (χ4v) is 4.74. The lowest BCUT2D eigenvalue weighted by Gasteiger charge is -2.17. The average Bonchev–Trinajstić information content (AvgIpc) is 3.39. The van der Waals surface area contributed by atoms with Gasteiger partial charge in [0, 0.05) is 54.5 Å². The summed E-state index contributed by atoms with van der Waals surface area (Å²) in [5, 5.41) is 0.892. The van der Waals surface area contributed by atoms with Crippen LogP contribution in [0.1, 0.15) is 6.42 Å². The van der Waals surface area contributed by atoms with Crippen molar-refractivity contribution in [3.8, 4) is 22.6 Å². The number of aromatic nitrogens is 3. The molecule has 1 atom stereocenters. The maximum atomic E-state index is 13.8. The van der Waals surface area contributed by atoms with Gasteiger partial charge in [0.1, 0.15) is 17.1 Å². The van der Waals surface area contributed by atoms with Crippen molar-refractivity contribution in [1.29, 1.82) is 0 Å². The monoisotopic (exact) mass is 556 g/mol. The molecule has 1 aromatic carbocycles. The van der Waals surface area contributed by atoms with Gasteiger partial charge in [-0.05, 0) is 32.6 Å². The Hall–Kier alpha value is -3.67. The number of nitrogens with zero attached hydrogens (tertiary/aromatic N) is 5. The van der Waals surface area contributed by atoms with Crippen molar-refractivity contribution in [2.24, 2.45) is 0 Å². The molecule has 4 rings (SSSR count). The van der Waals surface area contributed by atoms with Crippen LogP contribution in [0.2, 0.25) is 5.02 Å². The van der Waals surface area contributed by atoms with Crippen molar-refractivity contribution in [2.75, 3.05) is 60.3 Å². The third kappa shape index (κ3) is 6.49. The Morgan fingerprint density at radius 3 is 2.74 bits per heavy atom. The van der Waals surface area contributed by atoms with Crippen LogP contribution >= 0.6 is 11.6 Å². The average molecular weight is 557 g/mol. The number of nitrogen functional groups attached to an aromatic ring is 1. The summed E-state index contributed by atoms with van der Waals surface area (Å²) in [6.07, 6.45) is 5.60. The van der Waals surface area contributed by atoms with Crippen LogP contribution in [0, 0.1) is 0 Å². The van der Waals surface area contributed by atoms with Crippen molar-refractivity contribution in [2.45, 2.75) is 19.1 Å². The molecule has 39 heavy (non-hydrogen) atoms. The number of likely N-dealkylation sites (tertiary alicyclic amines) is 1. The molecule has 1 unspecified atom stereocenters. The molecule has 208 valence electrons. The summed E-state index contributed by atoms with van der Waals surface area (Å²) in [5.41, 5.74) is 6.70. The van der Waals surface area contributed by atoms with Crippen LogP contribution < -0.4 is 20.8 Å². The second kappa shape index (κ2) is 12.5. The third-order valence-electron chi connectivity index (χ3n) is 6.46. The molecular formula is C27H33ClN6O5. The number of methoxy groups -OCH3 is 2. The fourth-order valence-electron chi connectivity index (χ4n) is 4.45. The number of hydrogen-bond acceptors (Lipinski definition) is 9. The Morgan fingerprint density at radius 2 is 2.03 bits per heavy atom. The van der Waals surface area contributed by atoms with Crippen molar-refractivity contribution >= 4 is 34.5 Å². The summed E-state index contributed by atoms with van der Waals surface area (Å²) in [4.78, 5) is 38.4. The number of hydrogen-bond donors (Lipinski definition) is 1. The van der Waals surface area contributed by atoms with Crippen LogP contribution in [0.3, 0.4) is 0 Å². The molecule has 0 spiro atoms. The van der Waals surface area contributed by atoms with E-state index in [4.69, 9.17) is 31.5 Å². The highest BCUT2D eigenvalue weighted by Crippen LogP contribution is 2.38. The molecular weight excluding hydrogens is 524 g/mol. The van der Waals surface area contributed by atoms with Crippen LogP contribution in [0.5, 0.6) is 11.5 Å². The maximum Gasteiger partial charge on any atom is 0.260 e. The Labute approximate surface area is 231 Å². The summed E-state index contributed by atoms with van der Waals surface area (Å²) in [5.74, 6) is 0.894. The van der Waals surface area contributed by atoms with E-state index in [2.05, 4.69) is 9.97 Å². The molecule has 1 amide bonds. The van der Waals surface area contributed by atoms with E-state index in [-0.39, 0.29) is 41.7 Å². The summed E-state index contributed by atoms with van der Waals surface area (Å²) in [6, 6.07) is 5.01. The van der Waals surface area contributed by atoms with Crippen molar-refractivity contribution in [1.82, 2.24) is 24.3 Å². The summed E-state index contributed by atoms with van der Waals surface area (Å²) < 4.78 is 18.4. The number of fused-ring (bicyclic) bond motifs is 1. The standard InChI is InChI=1S/C27H33ClN6O5/c1-32(2)8-5-6-23(35)33-9-7-18(16-33)39-11-10-34-25-17(15-30-27(29)31-25)12-21(26(34)36)20-13-19(37-3)14-22(38-4)24(20)28/h5-6,12-15,18H,7-11,16H2,1-4H3,(H2,29,30,31). The topological polar surface area (TPSA) is 125 Å². The second-order valence-corrected chi connectivity index (χ2v) is 9.82. The van der Waals surface area contributed by atoms with Crippen LogP contribution in [0.25, 0.3) is 22.2 Å². The Balaban J connectivity index is 1.57. The van der Waals surface area contributed by atoms with E-state index >= 15 is 0 Å². The van der Waals surface area contributed by atoms with Gasteiger partial charge in [0.2, 0.25) is 11.9 Å². The number of pyridine rings is 1. The zero-order valence-electron chi connectivity index (χ0n) is 22.5. The predicted molar refractivity (Wildman–Crippen MR) is 150 cm³/mol. The second-order valence-electron chi connectivity index (χ2n) is 9.44. The molecule has 0 bridgehead atoms. The largest absolute Gasteiger partial charge is 0.497 e. The molecule has 3 heterocycles. The summed E-state index contributed by atoms with van der Waals surface area (Å²) in [7, 11) is 6.91. The lowest BCUT2D eigenvalue weighted by atomic mass is 10.0. The zero-order chi connectivity index (χ0) is 28.1. The normalized spacial score (nSPS) is 15.5. The SMILES string of the molecule is COc1cc(OC)c(Cl)c(-c2cc3cnc(N)nc3n(CCOC3CCN(C(=O)C=CCN(C)C)C3)c2=O)c1. The molecule has 0 saturated carbocycles. The number of nitrogens with two attached hydrogens (primary N) is 1. The molecule has 1 aliphatic heterocycles. The fraction of sp³-hybridized carbons (Fsp3) is 0.407. The molecule has 1 aliphatic rings. The lowest BCUT2D eigenvalue weighted by Crippen LogP contribution is -2.30. The molecule has 2 N–H and O–H groups in total. The molecule has 1 saturated heterocycles. The number of likely N-dealkylation sites (N-methyl/N-ethyl adjacent to an activating group) is 1. The first-order chi connectivity index (χ1) is 18.7. The number of carbonyl (C=O) groups excluding carboxylic acids is 1. The van der Waals surface area contributed by atoms with Gasteiger partial charge in [-0.15, -0.1) is 0 Å². The predicted octanol–water partition coefficient (Wildman–Crippen LogP) is 2.45. The minimum absolute atomic E-state index is 0.0318. The third-order valence-corrected chi connectivity index (χ3v) is 6.85. The highest BCUT2D eigenvalue weighted by molar-refractivity contribution is 6.35. The Kier molecular flexibility index (Phi) is 9.05. The van der Waals surface area contributed by atoms with Gasteiger partial charge in [-0.1, -0.05) is 17.7 Å². The number of amides is 1. The van der Waals surface area contributed by atoms with Gasteiger partial charge in [-0.2, -0.15) is 4.98 Å². The number of benzene rings is 1. The van der Waals surface area contributed by atoms with E-state index in [0.717, 1.165) is 6.42 Å². The van der Waals surface area contributed by atoms with Gasteiger partial charge in [0.15, 0.2) is 0 Å². The van der Waals surface area contributed by atoms with E-state index in [9.17, 15) is 9.59 Å². The summed E-state index contributed by atoms with van der Waals surface area (Å²) >= 11 is 6.61. The maximum absolute atomic E-state index is 13.8. The van der Waals surface area contributed by atoms with E-state index < -0.39 is 0 Å². The van der Waals surface area contributed by atoms with E-state index in [1.54, 1.807) is 35.4 Å². The quantitative estimate of drug-likeness (QED) is 0.375. The lowest BCUT2D eigenvalue weighted by molar-refractivity contribution is -0.125. The first-order valence-electron chi connectivity index (χ1n) is 12.5. The van der Waals surface area contributed by atoms with Gasteiger partial charge in [0.05, 0.1) is 38.5 Å². The van der Waals surface area contributed by atoms with Gasteiger partial charge >= 0.3 is 0 Å². The number of rotatable bonds is 10. The summed E-state index contributed by atoms with van der Waals surface area (Å²) in [6.45, 7) is 2.26. The molecule has 1 fully saturated rings. The van der Waals surface area contributed by atoms with E-state index in [0.29, 0.717) is 53.3 Å². The number of halogens is 1. The van der Waals surface area contributed by atoms with Gasteiger partial charge in [-0.25, -0.2) is 4.98 Å². The number of anilines is 1. The minimum atomic E-state index is -0.323. The Morgan fingerprint density at radius 1 is 1.23 bits per heavy atom. The van der Waals surface area contributed by atoms with Crippen LogP contribution in [0.4, 0.5) is 5.95 Å². The molecule has 11 nitrogen and oxygen atoms in total. The molecule has 3 aromatic rings. The first-order valence-corrected chi connectivity index (χ1v) is 12.9. The van der Waals surface area contributed by atoms with Gasteiger partial charge < -0.3 is 29.7 Å². The Bertz CT molecular complexity index is 1440. The van der Waals surface area contributed by atoms with Crippen molar-refractivity contribution in [3.63, 3.8) is 0 Å². The highest BCUT2D eigenvalue weighted by Gasteiger charge is 2.26. The van der Waals surface area contributed by atoms with E-state index in [1.165, 1.54) is 18.8 Å². The molecule has 0 aliphatic carbocycles. The highest BCUT2D eigenvalue weighted by atomic mass is 35.5. The van der Waals surface area contributed by atoms with Crippen LogP contribution in [0.15, 0.2) is 41.3 Å². The minimum Gasteiger partial charge on any atom is -0.497 e. The smallest absolute Gasteiger partial charge is 0.260 e. The number of ether oxygens (including phenoxy) is 3. The first kappa shape index (κ1) is 28.3. The van der Waals surface area contributed by atoms with Gasteiger partial charge in [0.25, 0.3) is 5.56 Å². The van der Waals surface area contributed by atoms with Crippen molar-refractivity contribution in [3.05, 3.63) is 51.9 Å². The number of carbonyl (C=O) groups is 1. The zero-order valence-corrected chi connectivity index (χ0v) is 23.3. The molecule has 0 radical (unpaired) electrons. The van der Waals surface area contributed by atoms with Crippen LogP contribution in [-0.4, -0.2) is 90.9 Å². The van der Waals surface area contributed by atoms with Crippen molar-refractivity contribution < 1.29 is 19.0 Å². The molecule has 12 heteroatoms. The van der Waals surface area contributed by atoms with E-state index in [1.807, 2.05) is 25.1 Å². The van der Waals surface area contributed by atoms with Gasteiger partial charge in [-0.3, -0.25) is 14.2 Å². The van der Waals surface area contributed by atoms with Crippen LogP contribution in [-0.2, 0) is 16.1 Å².